The second-order valence-electron chi connectivity index (χ2n) is 5.96. The van der Waals surface area contributed by atoms with Crippen molar-refractivity contribution in [2.45, 2.75) is 26.7 Å². The van der Waals surface area contributed by atoms with E-state index in [1.807, 2.05) is 11.4 Å². The van der Waals surface area contributed by atoms with Gasteiger partial charge in [0.05, 0.1) is 0 Å². The van der Waals surface area contributed by atoms with Gasteiger partial charge < -0.3 is 4.90 Å². The zero-order valence-corrected chi connectivity index (χ0v) is 13.0. The molecule has 0 spiro atoms. The Balaban J connectivity index is 1.85. The van der Waals surface area contributed by atoms with Crippen molar-refractivity contribution in [1.82, 2.24) is 19.6 Å². The van der Waals surface area contributed by atoms with Crippen LogP contribution in [0, 0.1) is 13.8 Å². The van der Waals surface area contributed by atoms with Crippen molar-refractivity contribution in [3.63, 3.8) is 0 Å². The Morgan fingerprint density at radius 2 is 1.68 bits per heavy atom. The highest BCUT2D eigenvalue weighted by Gasteiger charge is 2.18. The second kappa shape index (κ2) is 5.09. The minimum Gasteiger partial charge on any atom is -0.356 e. The number of aryl methyl sites for hydroxylation is 2. The van der Waals surface area contributed by atoms with Crippen molar-refractivity contribution >= 4 is 11.6 Å². The second-order valence-corrected chi connectivity index (χ2v) is 5.96. The normalized spacial score (nSPS) is 14.9. The molecule has 2 aromatic heterocycles. The van der Waals surface area contributed by atoms with Gasteiger partial charge in [0.15, 0.2) is 5.82 Å². The zero-order chi connectivity index (χ0) is 15.1. The van der Waals surface area contributed by atoms with E-state index in [4.69, 9.17) is 5.10 Å². The molecule has 3 aromatic rings. The Hall–Kier alpha value is -2.43. The average Bonchev–Trinajstić information content (AvgIpc) is 3.16. The molecule has 0 radical (unpaired) electrons. The lowest BCUT2D eigenvalue weighted by Gasteiger charge is -2.18. The van der Waals surface area contributed by atoms with Crippen molar-refractivity contribution in [2.75, 3.05) is 18.0 Å². The van der Waals surface area contributed by atoms with Crippen LogP contribution in [-0.2, 0) is 0 Å². The fraction of sp³-hybridized carbons (Fsp3) is 0.353. The Bertz CT molecular complexity index is 813. The highest BCUT2D eigenvalue weighted by atomic mass is 15.4. The number of anilines is 1. The SMILES string of the molecule is Cc1ccc(-c2nc3nc(C)cc(N4CCCC4)n3n2)cc1. The molecule has 5 heteroatoms. The van der Waals surface area contributed by atoms with Crippen LogP contribution in [0.4, 0.5) is 5.82 Å². The molecule has 1 saturated heterocycles. The topological polar surface area (TPSA) is 46.3 Å². The summed E-state index contributed by atoms with van der Waals surface area (Å²) in [6, 6.07) is 10.4. The molecule has 4 rings (SSSR count). The van der Waals surface area contributed by atoms with Gasteiger partial charge in [0.1, 0.15) is 5.82 Å². The van der Waals surface area contributed by atoms with Gasteiger partial charge in [0.25, 0.3) is 5.78 Å². The maximum absolute atomic E-state index is 4.70. The Morgan fingerprint density at radius 3 is 2.41 bits per heavy atom. The van der Waals surface area contributed by atoms with Gasteiger partial charge in [0, 0.05) is 30.4 Å². The lowest BCUT2D eigenvalue weighted by atomic mass is 10.1. The molecule has 0 aliphatic carbocycles. The smallest absolute Gasteiger partial charge is 0.254 e. The minimum atomic E-state index is 0.678. The molecular formula is C17H19N5. The Labute approximate surface area is 129 Å². The van der Waals surface area contributed by atoms with E-state index in [-0.39, 0.29) is 0 Å². The Morgan fingerprint density at radius 1 is 0.955 bits per heavy atom. The number of hydrogen-bond donors (Lipinski definition) is 0. The van der Waals surface area contributed by atoms with Gasteiger partial charge in [-0.05, 0) is 26.7 Å². The summed E-state index contributed by atoms with van der Waals surface area (Å²) < 4.78 is 1.88. The van der Waals surface area contributed by atoms with Gasteiger partial charge in [-0.25, -0.2) is 4.98 Å². The number of aromatic nitrogens is 4. The lowest BCUT2D eigenvalue weighted by Crippen LogP contribution is -2.21. The number of fused-ring (bicyclic) bond motifs is 1. The molecule has 5 nitrogen and oxygen atoms in total. The first-order valence-electron chi connectivity index (χ1n) is 7.77. The maximum atomic E-state index is 4.70. The van der Waals surface area contributed by atoms with Crippen LogP contribution in [0.2, 0.25) is 0 Å². The molecule has 0 amide bonds. The van der Waals surface area contributed by atoms with E-state index in [1.165, 1.54) is 18.4 Å². The van der Waals surface area contributed by atoms with E-state index in [9.17, 15) is 0 Å². The van der Waals surface area contributed by atoms with E-state index in [0.29, 0.717) is 5.78 Å². The third-order valence-corrected chi connectivity index (χ3v) is 4.16. The van der Waals surface area contributed by atoms with Crippen LogP contribution < -0.4 is 4.90 Å². The number of hydrogen-bond acceptors (Lipinski definition) is 4. The molecule has 112 valence electrons. The first-order chi connectivity index (χ1) is 10.7. The summed E-state index contributed by atoms with van der Waals surface area (Å²) in [6.07, 6.45) is 2.48. The van der Waals surface area contributed by atoms with E-state index in [2.05, 4.69) is 52.1 Å². The van der Waals surface area contributed by atoms with Crippen molar-refractivity contribution < 1.29 is 0 Å². The van der Waals surface area contributed by atoms with E-state index >= 15 is 0 Å². The summed E-state index contributed by atoms with van der Waals surface area (Å²) in [5, 5.41) is 4.70. The van der Waals surface area contributed by atoms with E-state index < -0.39 is 0 Å². The average molecular weight is 293 g/mol. The van der Waals surface area contributed by atoms with Crippen molar-refractivity contribution in [1.29, 1.82) is 0 Å². The minimum absolute atomic E-state index is 0.678. The van der Waals surface area contributed by atoms with Crippen molar-refractivity contribution in [3.8, 4) is 11.4 Å². The fourth-order valence-corrected chi connectivity index (χ4v) is 2.96. The molecule has 1 aromatic carbocycles. The number of benzene rings is 1. The fourth-order valence-electron chi connectivity index (χ4n) is 2.96. The molecule has 1 aliphatic rings. The van der Waals surface area contributed by atoms with E-state index in [0.717, 1.165) is 36.0 Å². The van der Waals surface area contributed by atoms with Crippen LogP contribution in [0.5, 0.6) is 0 Å². The first-order valence-corrected chi connectivity index (χ1v) is 7.77. The summed E-state index contributed by atoms with van der Waals surface area (Å²) in [5.41, 5.74) is 3.25. The predicted molar refractivity (Wildman–Crippen MR) is 87.1 cm³/mol. The van der Waals surface area contributed by atoms with Gasteiger partial charge in [-0.15, -0.1) is 5.10 Å². The molecule has 0 bridgehead atoms. The molecule has 1 fully saturated rings. The van der Waals surface area contributed by atoms with Crippen LogP contribution in [0.25, 0.3) is 17.2 Å². The van der Waals surface area contributed by atoms with Crippen molar-refractivity contribution in [3.05, 3.63) is 41.6 Å². The molecular weight excluding hydrogens is 274 g/mol. The van der Waals surface area contributed by atoms with Gasteiger partial charge in [-0.2, -0.15) is 9.50 Å². The largest absolute Gasteiger partial charge is 0.356 e. The summed E-state index contributed by atoms with van der Waals surface area (Å²) in [7, 11) is 0. The Kier molecular flexibility index (Phi) is 3.06. The molecule has 0 unspecified atom stereocenters. The molecule has 0 saturated carbocycles. The summed E-state index contributed by atoms with van der Waals surface area (Å²) in [4.78, 5) is 11.5. The third kappa shape index (κ3) is 2.22. The standard InChI is InChI=1S/C17H19N5/c1-12-5-7-14(8-6-12)16-19-17-18-13(2)11-15(22(17)20-16)21-9-3-4-10-21/h5-8,11H,3-4,9-10H2,1-2H3. The molecule has 0 N–H and O–H groups in total. The first kappa shape index (κ1) is 13.2. The van der Waals surface area contributed by atoms with E-state index in [1.54, 1.807) is 0 Å². The van der Waals surface area contributed by atoms with Crippen molar-refractivity contribution in [2.24, 2.45) is 0 Å². The van der Waals surface area contributed by atoms with Crippen LogP contribution in [0.3, 0.4) is 0 Å². The zero-order valence-electron chi connectivity index (χ0n) is 13.0. The molecule has 0 atom stereocenters. The number of rotatable bonds is 2. The van der Waals surface area contributed by atoms with Gasteiger partial charge in [0.2, 0.25) is 0 Å². The highest BCUT2D eigenvalue weighted by Crippen LogP contribution is 2.23. The molecule has 1 aliphatic heterocycles. The van der Waals surface area contributed by atoms with Crippen LogP contribution in [0.1, 0.15) is 24.1 Å². The number of nitrogens with zero attached hydrogens (tertiary/aromatic N) is 5. The summed E-state index contributed by atoms with van der Waals surface area (Å²) >= 11 is 0. The predicted octanol–water partition coefficient (Wildman–Crippen LogP) is 3.01. The quantitative estimate of drug-likeness (QED) is 0.728. The molecule has 22 heavy (non-hydrogen) atoms. The highest BCUT2D eigenvalue weighted by molar-refractivity contribution is 5.59. The summed E-state index contributed by atoms with van der Waals surface area (Å²) in [5.74, 6) is 2.52. The van der Waals surface area contributed by atoms with Gasteiger partial charge >= 0.3 is 0 Å². The summed E-state index contributed by atoms with van der Waals surface area (Å²) in [6.45, 7) is 6.26. The van der Waals surface area contributed by atoms with Gasteiger partial charge in [-0.1, -0.05) is 29.8 Å². The third-order valence-electron chi connectivity index (χ3n) is 4.16. The monoisotopic (exact) mass is 293 g/mol. The molecule has 3 heterocycles. The lowest BCUT2D eigenvalue weighted by molar-refractivity contribution is 0.846. The van der Waals surface area contributed by atoms with Crippen LogP contribution in [0.15, 0.2) is 30.3 Å². The van der Waals surface area contributed by atoms with Crippen LogP contribution >= 0.6 is 0 Å². The maximum Gasteiger partial charge on any atom is 0.254 e. The van der Waals surface area contributed by atoms with Gasteiger partial charge in [-0.3, -0.25) is 0 Å². The van der Waals surface area contributed by atoms with Crippen LogP contribution in [-0.4, -0.2) is 32.7 Å².